The Morgan fingerprint density at radius 3 is 2.71 bits per heavy atom. The fraction of sp³-hybridized carbons (Fsp3) is 0.529. The molecule has 0 N–H and O–H groups in total. The summed E-state index contributed by atoms with van der Waals surface area (Å²) in [7, 11) is 0. The van der Waals surface area contributed by atoms with Crippen molar-refractivity contribution in [3.63, 3.8) is 0 Å². The van der Waals surface area contributed by atoms with Crippen LogP contribution in [0, 0.1) is 5.92 Å². The summed E-state index contributed by atoms with van der Waals surface area (Å²) in [6.45, 7) is 8.96. The van der Waals surface area contributed by atoms with Crippen LogP contribution in [0.1, 0.15) is 30.6 Å². The summed E-state index contributed by atoms with van der Waals surface area (Å²) in [5, 5.41) is 4.09. The Hall–Kier alpha value is -2.28. The molecule has 128 valence electrons. The van der Waals surface area contributed by atoms with Gasteiger partial charge in [0.05, 0.1) is 5.56 Å². The van der Waals surface area contributed by atoms with Gasteiger partial charge in [0.2, 0.25) is 0 Å². The van der Waals surface area contributed by atoms with Gasteiger partial charge in [0.25, 0.3) is 5.91 Å². The van der Waals surface area contributed by atoms with Crippen molar-refractivity contribution in [1.82, 2.24) is 29.5 Å². The number of nitrogens with zero attached hydrogens (tertiary/aromatic N) is 6. The molecule has 0 aliphatic carbocycles. The molecule has 0 aromatic carbocycles. The van der Waals surface area contributed by atoms with Crippen LogP contribution >= 0.6 is 0 Å². The summed E-state index contributed by atoms with van der Waals surface area (Å²) < 4.78 is 1.53. The fourth-order valence-electron chi connectivity index (χ4n) is 2.85. The molecule has 1 aliphatic rings. The van der Waals surface area contributed by atoms with E-state index in [9.17, 15) is 4.79 Å². The molecule has 0 radical (unpaired) electrons. The molecule has 0 atom stereocenters. The Bertz CT molecular complexity index is 661. The van der Waals surface area contributed by atoms with Crippen molar-refractivity contribution in [2.75, 3.05) is 32.7 Å². The van der Waals surface area contributed by atoms with Crippen LogP contribution < -0.4 is 0 Å². The van der Waals surface area contributed by atoms with Gasteiger partial charge in [-0.2, -0.15) is 5.10 Å². The Balaban J connectivity index is 1.66. The van der Waals surface area contributed by atoms with Crippen LogP contribution in [-0.4, -0.2) is 68.2 Å². The zero-order chi connectivity index (χ0) is 16.9. The smallest absolute Gasteiger partial charge is 0.257 e. The van der Waals surface area contributed by atoms with Crippen molar-refractivity contribution in [3.05, 3.63) is 36.5 Å². The minimum absolute atomic E-state index is 0.0112. The van der Waals surface area contributed by atoms with Gasteiger partial charge in [0, 0.05) is 32.4 Å². The number of carbonyl (C=O) groups excluding carboxylic acids is 1. The van der Waals surface area contributed by atoms with Crippen molar-refractivity contribution in [2.24, 2.45) is 5.92 Å². The summed E-state index contributed by atoms with van der Waals surface area (Å²) in [5.41, 5.74) is 0.568. The Morgan fingerprint density at radius 2 is 2.04 bits per heavy atom. The molecule has 0 saturated carbocycles. The molecule has 1 amide bonds. The SMILES string of the molecule is CC(C)CCN1CCN(C(=O)c2cccnc2-n2cncn2)CC1. The van der Waals surface area contributed by atoms with Crippen molar-refractivity contribution >= 4 is 5.91 Å². The minimum atomic E-state index is 0.0112. The van der Waals surface area contributed by atoms with E-state index in [1.165, 1.54) is 17.4 Å². The average molecular weight is 328 g/mol. The molecule has 2 aromatic heterocycles. The van der Waals surface area contributed by atoms with Crippen LogP contribution in [0.15, 0.2) is 31.0 Å². The monoisotopic (exact) mass is 328 g/mol. The fourth-order valence-corrected chi connectivity index (χ4v) is 2.85. The number of hydrogen-bond donors (Lipinski definition) is 0. The van der Waals surface area contributed by atoms with Gasteiger partial charge in [-0.3, -0.25) is 9.69 Å². The lowest BCUT2D eigenvalue weighted by molar-refractivity contribution is 0.0631. The van der Waals surface area contributed by atoms with Crippen molar-refractivity contribution in [3.8, 4) is 5.82 Å². The second kappa shape index (κ2) is 7.53. The summed E-state index contributed by atoms with van der Waals surface area (Å²) in [6.07, 6.45) is 5.87. The standard InChI is InChI=1S/C17H24N6O/c1-14(2)5-7-21-8-10-22(11-9-21)17(24)15-4-3-6-19-16(15)23-13-18-12-20-23/h3-4,6,12-14H,5,7-11H2,1-2H3. The molecule has 24 heavy (non-hydrogen) atoms. The van der Waals surface area contributed by atoms with E-state index < -0.39 is 0 Å². The lowest BCUT2D eigenvalue weighted by Gasteiger charge is -2.35. The van der Waals surface area contributed by atoms with Gasteiger partial charge < -0.3 is 4.90 Å². The number of rotatable bonds is 5. The number of carbonyl (C=O) groups is 1. The largest absolute Gasteiger partial charge is 0.336 e. The van der Waals surface area contributed by atoms with Gasteiger partial charge in [0.1, 0.15) is 12.7 Å². The third-order valence-corrected chi connectivity index (χ3v) is 4.34. The van der Waals surface area contributed by atoms with E-state index in [0.29, 0.717) is 17.3 Å². The quantitative estimate of drug-likeness (QED) is 0.831. The lowest BCUT2D eigenvalue weighted by Crippen LogP contribution is -2.49. The maximum Gasteiger partial charge on any atom is 0.257 e. The molecule has 3 rings (SSSR count). The van der Waals surface area contributed by atoms with E-state index in [0.717, 1.165) is 32.7 Å². The maximum absolute atomic E-state index is 12.9. The summed E-state index contributed by atoms with van der Waals surface area (Å²) >= 11 is 0. The zero-order valence-corrected chi connectivity index (χ0v) is 14.3. The summed E-state index contributed by atoms with van der Waals surface area (Å²) in [5.74, 6) is 1.25. The molecule has 0 spiro atoms. The van der Waals surface area contributed by atoms with E-state index in [1.54, 1.807) is 24.7 Å². The lowest BCUT2D eigenvalue weighted by atomic mass is 10.1. The van der Waals surface area contributed by atoms with E-state index in [2.05, 4.69) is 33.8 Å². The molecule has 1 aliphatic heterocycles. The van der Waals surface area contributed by atoms with Gasteiger partial charge in [-0.05, 0) is 31.0 Å². The number of aromatic nitrogens is 4. The number of piperazine rings is 1. The van der Waals surface area contributed by atoms with Gasteiger partial charge in [0.15, 0.2) is 5.82 Å². The van der Waals surface area contributed by atoms with E-state index in [4.69, 9.17) is 0 Å². The first-order valence-electron chi connectivity index (χ1n) is 8.47. The molecule has 7 nitrogen and oxygen atoms in total. The van der Waals surface area contributed by atoms with Gasteiger partial charge >= 0.3 is 0 Å². The maximum atomic E-state index is 12.9. The average Bonchev–Trinajstić information content (AvgIpc) is 3.14. The second-order valence-electron chi connectivity index (χ2n) is 6.53. The Labute approximate surface area is 142 Å². The van der Waals surface area contributed by atoms with Crippen LogP contribution in [0.5, 0.6) is 0 Å². The van der Waals surface area contributed by atoms with E-state index in [-0.39, 0.29) is 5.91 Å². The number of hydrogen-bond acceptors (Lipinski definition) is 5. The Kier molecular flexibility index (Phi) is 5.20. The normalized spacial score (nSPS) is 15.9. The molecule has 3 heterocycles. The number of pyridine rings is 1. The first-order valence-corrected chi connectivity index (χ1v) is 8.47. The third-order valence-electron chi connectivity index (χ3n) is 4.34. The van der Waals surface area contributed by atoms with Crippen LogP contribution in [0.25, 0.3) is 5.82 Å². The van der Waals surface area contributed by atoms with Crippen LogP contribution in [0.3, 0.4) is 0 Å². The predicted molar refractivity (Wildman–Crippen MR) is 91.0 cm³/mol. The van der Waals surface area contributed by atoms with Gasteiger partial charge in [-0.25, -0.2) is 14.6 Å². The molecule has 7 heteroatoms. The van der Waals surface area contributed by atoms with E-state index >= 15 is 0 Å². The highest BCUT2D eigenvalue weighted by molar-refractivity contribution is 5.97. The molecule has 0 unspecified atom stereocenters. The molecule has 1 saturated heterocycles. The number of amides is 1. The van der Waals surface area contributed by atoms with Crippen molar-refractivity contribution in [1.29, 1.82) is 0 Å². The summed E-state index contributed by atoms with van der Waals surface area (Å²) in [6, 6.07) is 3.59. The highest BCUT2D eigenvalue weighted by Gasteiger charge is 2.24. The van der Waals surface area contributed by atoms with Gasteiger partial charge in [-0.15, -0.1) is 0 Å². The molecule has 1 fully saturated rings. The van der Waals surface area contributed by atoms with Gasteiger partial charge in [-0.1, -0.05) is 13.8 Å². The first kappa shape index (κ1) is 16.6. The van der Waals surface area contributed by atoms with Crippen LogP contribution in [0.2, 0.25) is 0 Å². The predicted octanol–water partition coefficient (Wildman–Crippen LogP) is 1.47. The molecule has 0 bridgehead atoms. The summed E-state index contributed by atoms with van der Waals surface area (Å²) in [4.78, 5) is 25.5. The molecular formula is C17H24N6O. The highest BCUT2D eigenvalue weighted by Crippen LogP contribution is 2.15. The van der Waals surface area contributed by atoms with Crippen molar-refractivity contribution < 1.29 is 4.79 Å². The molecular weight excluding hydrogens is 304 g/mol. The zero-order valence-electron chi connectivity index (χ0n) is 14.3. The topological polar surface area (TPSA) is 67.2 Å². The first-order chi connectivity index (χ1) is 11.6. The highest BCUT2D eigenvalue weighted by atomic mass is 16.2. The molecule has 2 aromatic rings. The second-order valence-corrected chi connectivity index (χ2v) is 6.53. The Morgan fingerprint density at radius 1 is 1.25 bits per heavy atom. The third kappa shape index (κ3) is 3.79. The van der Waals surface area contributed by atoms with Crippen molar-refractivity contribution in [2.45, 2.75) is 20.3 Å². The van der Waals surface area contributed by atoms with E-state index in [1.807, 2.05) is 4.90 Å². The minimum Gasteiger partial charge on any atom is -0.336 e. The van der Waals surface area contributed by atoms with Crippen LogP contribution in [0.4, 0.5) is 0 Å². The van der Waals surface area contributed by atoms with Crippen LogP contribution in [-0.2, 0) is 0 Å².